The quantitative estimate of drug-likeness (QED) is 0.442. The molecule has 0 fully saturated rings. The van der Waals surface area contributed by atoms with E-state index < -0.39 is 0 Å². The summed E-state index contributed by atoms with van der Waals surface area (Å²) in [6.07, 6.45) is 5.99. The molecule has 1 atom stereocenters. The van der Waals surface area contributed by atoms with Crippen molar-refractivity contribution in [3.8, 4) is 5.75 Å². The lowest BCUT2D eigenvalue weighted by molar-refractivity contribution is -0.111. The first-order valence-electron chi connectivity index (χ1n) is 9.57. The number of rotatable bonds is 6. The number of carbonyl (C=O) groups excluding carboxylic acids is 2. The zero-order valence-electron chi connectivity index (χ0n) is 16.7. The van der Waals surface area contributed by atoms with E-state index in [1.165, 1.54) is 22.3 Å². The van der Waals surface area contributed by atoms with Crippen molar-refractivity contribution in [3.63, 3.8) is 0 Å². The first-order valence-corrected chi connectivity index (χ1v) is 11.2. The summed E-state index contributed by atoms with van der Waals surface area (Å²) in [6, 6.07) is 5.57. The molecule has 1 aromatic carbocycles. The van der Waals surface area contributed by atoms with Crippen molar-refractivity contribution >= 4 is 50.2 Å². The van der Waals surface area contributed by atoms with Gasteiger partial charge in [0.05, 0.1) is 23.8 Å². The van der Waals surface area contributed by atoms with Gasteiger partial charge in [-0.1, -0.05) is 13.0 Å². The molecule has 1 heterocycles. The third-order valence-corrected chi connectivity index (χ3v) is 6.62. The van der Waals surface area contributed by atoms with Gasteiger partial charge in [-0.15, -0.1) is 11.3 Å². The Morgan fingerprint density at radius 2 is 2.17 bits per heavy atom. The lowest BCUT2D eigenvalue weighted by Crippen LogP contribution is -2.15. The van der Waals surface area contributed by atoms with Crippen molar-refractivity contribution in [2.24, 2.45) is 5.92 Å². The van der Waals surface area contributed by atoms with Gasteiger partial charge in [-0.25, -0.2) is 4.79 Å². The van der Waals surface area contributed by atoms with Crippen LogP contribution in [0.2, 0.25) is 0 Å². The number of anilines is 1. The number of fused-ring (bicyclic) bond motifs is 1. The Balaban J connectivity index is 1.80. The Morgan fingerprint density at radius 1 is 1.38 bits per heavy atom. The van der Waals surface area contributed by atoms with Crippen molar-refractivity contribution in [3.05, 3.63) is 50.3 Å². The molecule has 1 aliphatic carbocycles. The summed E-state index contributed by atoms with van der Waals surface area (Å²) in [5, 5.41) is 3.46. The largest absolute Gasteiger partial charge is 0.496 e. The molecule has 29 heavy (non-hydrogen) atoms. The van der Waals surface area contributed by atoms with Gasteiger partial charge in [0, 0.05) is 11.0 Å². The second-order valence-corrected chi connectivity index (χ2v) is 8.95. The average molecular weight is 478 g/mol. The van der Waals surface area contributed by atoms with Crippen LogP contribution in [0, 0.1) is 5.92 Å². The third kappa shape index (κ3) is 5.08. The van der Waals surface area contributed by atoms with E-state index in [1.807, 2.05) is 18.2 Å². The molecule has 1 aliphatic rings. The van der Waals surface area contributed by atoms with E-state index in [-0.39, 0.29) is 11.9 Å². The number of esters is 1. The molecule has 0 spiro atoms. The molecule has 0 aliphatic heterocycles. The van der Waals surface area contributed by atoms with Gasteiger partial charge >= 0.3 is 5.97 Å². The zero-order chi connectivity index (χ0) is 21.0. The van der Waals surface area contributed by atoms with Gasteiger partial charge in [0.15, 0.2) is 0 Å². The Morgan fingerprint density at radius 3 is 2.86 bits per heavy atom. The molecule has 1 aromatic heterocycles. The third-order valence-electron chi connectivity index (χ3n) is 4.83. The van der Waals surface area contributed by atoms with Gasteiger partial charge in [0.2, 0.25) is 5.91 Å². The maximum atomic E-state index is 12.5. The van der Waals surface area contributed by atoms with Crippen LogP contribution in [-0.2, 0) is 22.4 Å². The van der Waals surface area contributed by atoms with E-state index in [0.717, 1.165) is 40.6 Å². The predicted octanol–water partition coefficient (Wildman–Crippen LogP) is 5.47. The Hall–Kier alpha value is -2.12. The van der Waals surface area contributed by atoms with Gasteiger partial charge in [0.25, 0.3) is 0 Å². The molecule has 0 saturated carbocycles. The fraction of sp³-hybridized carbons (Fsp3) is 0.364. The monoisotopic (exact) mass is 477 g/mol. The van der Waals surface area contributed by atoms with Gasteiger partial charge in [-0.05, 0) is 77.4 Å². The maximum Gasteiger partial charge on any atom is 0.341 e. The van der Waals surface area contributed by atoms with Crippen molar-refractivity contribution in [1.82, 2.24) is 0 Å². The van der Waals surface area contributed by atoms with Crippen molar-refractivity contribution in [1.29, 1.82) is 0 Å². The smallest absolute Gasteiger partial charge is 0.341 e. The molecule has 0 radical (unpaired) electrons. The van der Waals surface area contributed by atoms with Gasteiger partial charge in [0.1, 0.15) is 10.8 Å². The molecule has 3 rings (SSSR count). The highest BCUT2D eigenvalue weighted by molar-refractivity contribution is 9.10. The molecule has 5 nitrogen and oxygen atoms in total. The van der Waals surface area contributed by atoms with Crippen LogP contribution in [0.25, 0.3) is 6.08 Å². The van der Waals surface area contributed by atoms with E-state index >= 15 is 0 Å². The molecule has 0 saturated heterocycles. The lowest BCUT2D eigenvalue weighted by atomic mass is 9.88. The predicted molar refractivity (Wildman–Crippen MR) is 120 cm³/mol. The summed E-state index contributed by atoms with van der Waals surface area (Å²) in [5.41, 5.74) is 2.41. The summed E-state index contributed by atoms with van der Waals surface area (Å²) in [4.78, 5) is 26.2. The van der Waals surface area contributed by atoms with Crippen LogP contribution < -0.4 is 10.1 Å². The minimum Gasteiger partial charge on any atom is -0.496 e. The highest BCUT2D eigenvalue weighted by Gasteiger charge is 2.28. The summed E-state index contributed by atoms with van der Waals surface area (Å²) >= 11 is 4.92. The highest BCUT2D eigenvalue weighted by Crippen LogP contribution is 2.40. The number of thiophene rings is 1. The normalized spacial score (nSPS) is 15.8. The van der Waals surface area contributed by atoms with E-state index in [0.29, 0.717) is 23.1 Å². The molecule has 1 N–H and O–H groups in total. The number of ether oxygens (including phenoxy) is 2. The van der Waals surface area contributed by atoms with Crippen molar-refractivity contribution < 1.29 is 19.1 Å². The number of amides is 1. The molecule has 2 aromatic rings. The van der Waals surface area contributed by atoms with Crippen LogP contribution in [0.3, 0.4) is 0 Å². The standard InChI is InChI=1S/C22H24BrNO4S/c1-4-28-22(26)20-15-8-5-13(2)11-18(15)29-21(20)24-19(25)10-7-14-6-9-17(27-3)16(23)12-14/h6-7,9-10,12-13H,4-5,8,11H2,1-3H3,(H,24,25)/b10-7+. The number of hydrogen-bond donors (Lipinski definition) is 1. The number of nitrogens with one attached hydrogen (secondary N) is 1. The topological polar surface area (TPSA) is 64.6 Å². The molecule has 1 unspecified atom stereocenters. The average Bonchev–Trinajstić information content (AvgIpc) is 3.03. The fourth-order valence-electron chi connectivity index (χ4n) is 3.37. The zero-order valence-corrected chi connectivity index (χ0v) is 19.1. The fourth-order valence-corrected chi connectivity index (χ4v) is 5.33. The van der Waals surface area contributed by atoms with Gasteiger partial charge < -0.3 is 14.8 Å². The maximum absolute atomic E-state index is 12.5. The van der Waals surface area contributed by atoms with E-state index in [2.05, 4.69) is 28.2 Å². The number of halogens is 1. The highest BCUT2D eigenvalue weighted by atomic mass is 79.9. The molecule has 154 valence electrons. The minimum absolute atomic E-state index is 0.283. The second kappa shape index (κ2) is 9.59. The van der Waals surface area contributed by atoms with E-state index in [1.54, 1.807) is 20.1 Å². The summed E-state index contributed by atoms with van der Waals surface area (Å²) in [6.45, 7) is 4.30. The first kappa shape index (κ1) is 21.6. The van der Waals surface area contributed by atoms with Gasteiger partial charge in [-0.2, -0.15) is 0 Å². The Labute approximate surface area is 183 Å². The van der Waals surface area contributed by atoms with Crippen molar-refractivity contribution in [2.75, 3.05) is 19.0 Å². The van der Waals surface area contributed by atoms with Crippen LogP contribution in [-0.4, -0.2) is 25.6 Å². The van der Waals surface area contributed by atoms with Crippen molar-refractivity contribution in [2.45, 2.75) is 33.1 Å². The van der Waals surface area contributed by atoms with Crippen LogP contribution in [0.15, 0.2) is 28.7 Å². The molecule has 7 heteroatoms. The van der Waals surface area contributed by atoms with E-state index in [9.17, 15) is 9.59 Å². The number of carbonyl (C=O) groups is 2. The molecule has 1 amide bonds. The second-order valence-electron chi connectivity index (χ2n) is 6.99. The lowest BCUT2D eigenvalue weighted by Gasteiger charge is -2.18. The Bertz CT molecular complexity index is 951. The summed E-state index contributed by atoms with van der Waals surface area (Å²) < 4.78 is 11.3. The number of benzene rings is 1. The number of hydrogen-bond acceptors (Lipinski definition) is 5. The summed E-state index contributed by atoms with van der Waals surface area (Å²) in [7, 11) is 1.60. The number of methoxy groups -OCH3 is 1. The van der Waals surface area contributed by atoms with Crippen LogP contribution >= 0.6 is 27.3 Å². The van der Waals surface area contributed by atoms with Gasteiger partial charge in [-0.3, -0.25) is 4.79 Å². The molecule has 0 bridgehead atoms. The minimum atomic E-state index is -0.363. The molecular weight excluding hydrogens is 454 g/mol. The Kier molecular flexibility index (Phi) is 7.14. The van der Waals surface area contributed by atoms with E-state index in [4.69, 9.17) is 9.47 Å². The first-order chi connectivity index (χ1) is 13.9. The van der Waals surface area contributed by atoms with Crippen LogP contribution in [0.4, 0.5) is 5.00 Å². The van der Waals surface area contributed by atoms with Crippen LogP contribution in [0.1, 0.15) is 46.6 Å². The molecular formula is C22H24BrNO4S. The summed E-state index contributed by atoms with van der Waals surface area (Å²) in [5.74, 6) is 0.657. The SMILES string of the molecule is CCOC(=O)c1c(NC(=O)/C=C/c2ccc(OC)c(Br)c2)sc2c1CCC(C)C2. The van der Waals surface area contributed by atoms with Crippen LogP contribution in [0.5, 0.6) is 5.75 Å².